The predicted molar refractivity (Wildman–Crippen MR) is 97.5 cm³/mol. The van der Waals surface area contributed by atoms with Gasteiger partial charge in [-0.1, -0.05) is 6.92 Å². The molecule has 0 radical (unpaired) electrons. The molecule has 0 fully saturated rings. The molecule has 0 aliphatic carbocycles. The normalized spacial score (nSPS) is 10.9. The van der Waals surface area contributed by atoms with E-state index in [1.54, 1.807) is 7.11 Å². The third-order valence-corrected chi connectivity index (χ3v) is 3.15. The molecule has 1 amide bonds. The summed E-state index contributed by atoms with van der Waals surface area (Å²) in [6.45, 7) is 11.5. The Bertz CT molecular complexity index is 270. The monoisotopic (exact) mass is 347 g/mol. The smallest absolute Gasteiger partial charge is 0.246 e. The molecule has 8 heteroatoms. The van der Waals surface area contributed by atoms with E-state index in [1.807, 2.05) is 0 Å². The highest BCUT2D eigenvalue weighted by atomic mass is 16.5. The summed E-state index contributed by atoms with van der Waals surface area (Å²) in [5, 5.41) is 16.2. The van der Waals surface area contributed by atoms with Crippen molar-refractivity contribution in [2.24, 2.45) is 0 Å². The third kappa shape index (κ3) is 19.3. The molecule has 0 rings (SSSR count). The first kappa shape index (κ1) is 23.2. The molecule has 24 heavy (non-hydrogen) atoms. The van der Waals surface area contributed by atoms with Gasteiger partial charge in [-0.25, -0.2) is 0 Å². The standard InChI is InChI=1S/C16H37N5O3/c1-3-4-17-5-6-18-7-8-19-9-10-20-11-12-21-16(22)15-24-14-13-23-2/h17-20H,3-15H2,1-2H3,(H,21,22). The number of methoxy groups -OCH3 is 1. The molecule has 0 atom stereocenters. The second-order valence-electron chi connectivity index (χ2n) is 5.40. The molecule has 0 aromatic carbocycles. The summed E-state index contributed by atoms with van der Waals surface area (Å²) >= 11 is 0. The number of amides is 1. The third-order valence-electron chi connectivity index (χ3n) is 3.15. The zero-order valence-electron chi connectivity index (χ0n) is 15.4. The number of nitrogens with one attached hydrogen (secondary N) is 5. The van der Waals surface area contributed by atoms with Gasteiger partial charge in [-0.15, -0.1) is 0 Å². The molecule has 0 bridgehead atoms. The Balaban J connectivity index is 3.08. The molecule has 8 nitrogen and oxygen atoms in total. The van der Waals surface area contributed by atoms with Gasteiger partial charge in [-0.2, -0.15) is 0 Å². The van der Waals surface area contributed by atoms with Gasteiger partial charge in [0.05, 0.1) is 13.2 Å². The van der Waals surface area contributed by atoms with Crippen LogP contribution in [-0.4, -0.2) is 91.7 Å². The van der Waals surface area contributed by atoms with E-state index in [9.17, 15) is 4.79 Å². The predicted octanol–water partition coefficient (Wildman–Crippen LogP) is -1.47. The Morgan fingerprint density at radius 3 is 1.75 bits per heavy atom. The number of hydrogen-bond donors (Lipinski definition) is 5. The summed E-state index contributed by atoms with van der Waals surface area (Å²) in [7, 11) is 1.60. The van der Waals surface area contributed by atoms with Crippen LogP contribution in [0.5, 0.6) is 0 Å². The Morgan fingerprint density at radius 2 is 1.25 bits per heavy atom. The van der Waals surface area contributed by atoms with Gasteiger partial charge in [-0.3, -0.25) is 4.79 Å². The molecule has 0 aliphatic rings. The van der Waals surface area contributed by atoms with Crippen LogP contribution in [0.3, 0.4) is 0 Å². The van der Waals surface area contributed by atoms with Gasteiger partial charge < -0.3 is 36.1 Å². The number of ether oxygens (including phenoxy) is 2. The summed E-state index contributed by atoms with van der Waals surface area (Å²) in [4.78, 5) is 11.4. The van der Waals surface area contributed by atoms with E-state index < -0.39 is 0 Å². The van der Waals surface area contributed by atoms with Crippen molar-refractivity contribution in [3.8, 4) is 0 Å². The minimum absolute atomic E-state index is 0.0892. The van der Waals surface area contributed by atoms with Gasteiger partial charge in [-0.05, 0) is 13.0 Å². The van der Waals surface area contributed by atoms with Crippen molar-refractivity contribution in [2.45, 2.75) is 13.3 Å². The number of carbonyl (C=O) groups excluding carboxylic acids is 1. The van der Waals surface area contributed by atoms with Gasteiger partial charge in [0.1, 0.15) is 6.61 Å². The van der Waals surface area contributed by atoms with Crippen LogP contribution in [0.1, 0.15) is 13.3 Å². The molecule has 0 aliphatic heterocycles. The van der Waals surface area contributed by atoms with Crippen molar-refractivity contribution in [3.63, 3.8) is 0 Å². The Labute approximate surface area is 146 Å². The lowest BCUT2D eigenvalue weighted by atomic mass is 10.4. The Hall–Kier alpha value is -0.770. The van der Waals surface area contributed by atoms with Gasteiger partial charge in [0.15, 0.2) is 0 Å². The molecule has 5 N–H and O–H groups in total. The van der Waals surface area contributed by atoms with Crippen LogP contribution < -0.4 is 26.6 Å². The van der Waals surface area contributed by atoms with Gasteiger partial charge in [0.2, 0.25) is 5.91 Å². The van der Waals surface area contributed by atoms with Crippen LogP contribution >= 0.6 is 0 Å². The minimum atomic E-state index is -0.0921. The van der Waals surface area contributed by atoms with E-state index in [1.165, 1.54) is 6.42 Å². The highest BCUT2D eigenvalue weighted by molar-refractivity contribution is 5.77. The summed E-state index contributed by atoms with van der Waals surface area (Å²) < 4.78 is 9.96. The average molecular weight is 348 g/mol. The highest BCUT2D eigenvalue weighted by Gasteiger charge is 1.99. The molecule has 0 aromatic rings. The maximum absolute atomic E-state index is 11.4. The van der Waals surface area contributed by atoms with Crippen LogP contribution in [0.4, 0.5) is 0 Å². The second kappa shape index (κ2) is 20.3. The first-order valence-electron chi connectivity index (χ1n) is 8.97. The van der Waals surface area contributed by atoms with E-state index in [4.69, 9.17) is 9.47 Å². The van der Waals surface area contributed by atoms with E-state index in [0.29, 0.717) is 19.8 Å². The minimum Gasteiger partial charge on any atom is -0.382 e. The van der Waals surface area contributed by atoms with Crippen LogP contribution in [0, 0.1) is 0 Å². The van der Waals surface area contributed by atoms with Crippen LogP contribution in [0.2, 0.25) is 0 Å². The molecular weight excluding hydrogens is 310 g/mol. The van der Waals surface area contributed by atoms with Crippen molar-refractivity contribution in [2.75, 3.05) is 85.8 Å². The maximum atomic E-state index is 11.4. The van der Waals surface area contributed by atoms with Crippen LogP contribution in [-0.2, 0) is 14.3 Å². The molecule has 144 valence electrons. The van der Waals surface area contributed by atoms with Crippen molar-refractivity contribution >= 4 is 5.91 Å². The fourth-order valence-electron chi connectivity index (χ4n) is 1.86. The van der Waals surface area contributed by atoms with Gasteiger partial charge >= 0.3 is 0 Å². The Morgan fingerprint density at radius 1 is 0.750 bits per heavy atom. The lowest BCUT2D eigenvalue weighted by molar-refractivity contribution is -0.126. The fraction of sp³-hybridized carbons (Fsp3) is 0.938. The lowest BCUT2D eigenvalue weighted by Crippen LogP contribution is -2.38. The van der Waals surface area contributed by atoms with Crippen molar-refractivity contribution in [1.29, 1.82) is 0 Å². The number of rotatable bonds is 19. The quantitative estimate of drug-likeness (QED) is 0.182. The second-order valence-corrected chi connectivity index (χ2v) is 5.40. The molecule has 0 saturated carbocycles. The first-order chi connectivity index (χ1) is 11.8. The number of hydrogen-bond acceptors (Lipinski definition) is 7. The molecule has 0 spiro atoms. The number of carbonyl (C=O) groups is 1. The summed E-state index contributed by atoms with van der Waals surface area (Å²) in [6, 6.07) is 0. The zero-order valence-corrected chi connectivity index (χ0v) is 15.4. The van der Waals surface area contributed by atoms with Crippen molar-refractivity contribution < 1.29 is 14.3 Å². The molecule has 0 heterocycles. The fourth-order valence-corrected chi connectivity index (χ4v) is 1.86. The topological polar surface area (TPSA) is 95.7 Å². The van der Waals surface area contributed by atoms with Crippen LogP contribution in [0.15, 0.2) is 0 Å². The Kier molecular flexibility index (Phi) is 19.6. The van der Waals surface area contributed by atoms with Crippen LogP contribution in [0.25, 0.3) is 0 Å². The van der Waals surface area contributed by atoms with E-state index >= 15 is 0 Å². The SMILES string of the molecule is CCCNCCNCCNCCNCCNC(=O)COCCOC. The van der Waals surface area contributed by atoms with E-state index in [-0.39, 0.29) is 12.5 Å². The first-order valence-corrected chi connectivity index (χ1v) is 8.97. The molecule has 0 aromatic heterocycles. The van der Waals surface area contributed by atoms with Crippen molar-refractivity contribution in [3.05, 3.63) is 0 Å². The van der Waals surface area contributed by atoms with Gasteiger partial charge in [0, 0.05) is 59.5 Å². The van der Waals surface area contributed by atoms with Crippen molar-refractivity contribution in [1.82, 2.24) is 26.6 Å². The lowest BCUT2D eigenvalue weighted by Gasteiger charge is -2.09. The maximum Gasteiger partial charge on any atom is 0.246 e. The van der Waals surface area contributed by atoms with E-state index in [2.05, 4.69) is 33.5 Å². The highest BCUT2D eigenvalue weighted by Crippen LogP contribution is 1.76. The molecule has 0 unspecified atom stereocenters. The average Bonchev–Trinajstić information content (AvgIpc) is 2.59. The summed E-state index contributed by atoms with van der Waals surface area (Å²) in [6.07, 6.45) is 1.18. The molecular formula is C16H37N5O3. The molecule has 0 saturated heterocycles. The zero-order chi connectivity index (χ0) is 17.7. The summed E-state index contributed by atoms with van der Waals surface area (Å²) in [5.41, 5.74) is 0. The summed E-state index contributed by atoms with van der Waals surface area (Å²) in [5.74, 6) is -0.0921. The van der Waals surface area contributed by atoms with Gasteiger partial charge in [0.25, 0.3) is 0 Å². The largest absolute Gasteiger partial charge is 0.382 e. The van der Waals surface area contributed by atoms with E-state index in [0.717, 1.165) is 52.4 Å².